The summed E-state index contributed by atoms with van der Waals surface area (Å²) in [4.78, 5) is 16.6. The van der Waals surface area contributed by atoms with Gasteiger partial charge in [0.2, 0.25) is 17.6 Å². The van der Waals surface area contributed by atoms with Crippen LogP contribution >= 0.6 is 0 Å². The van der Waals surface area contributed by atoms with Crippen LogP contribution in [0.2, 0.25) is 0 Å². The van der Waals surface area contributed by atoms with Gasteiger partial charge in [0.15, 0.2) is 0 Å². The molecule has 0 saturated carbocycles. The molecule has 3 aromatic carbocycles. The Morgan fingerprint density at radius 2 is 1.58 bits per heavy atom. The number of nitrogens with zero attached hydrogens (tertiary/aromatic N) is 2. The standard InChI is InChI=1S/C25H23N3O3/c1-30-22-10-6-5-9-21(22)17-26-23(29)15-16-24-27-25(28-31-24)20-13-11-19(12-14-20)18-7-3-2-4-8-18/h2-14H,15-17H2,1H3,(H,26,29). The van der Waals surface area contributed by atoms with E-state index in [0.717, 1.165) is 28.0 Å². The van der Waals surface area contributed by atoms with Crippen LogP contribution in [-0.2, 0) is 17.8 Å². The topological polar surface area (TPSA) is 77.2 Å². The summed E-state index contributed by atoms with van der Waals surface area (Å²) in [6.07, 6.45) is 0.649. The van der Waals surface area contributed by atoms with Crippen molar-refractivity contribution in [3.63, 3.8) is 0 Å². The molecule has 6 nitrogen and oxygen atoms in total. The number of rotatable bonds is 8. The van der Waals surface area contributed by atoms with Crippen molar-refractivity contribution in [2.45, 2.75) is 19.4 Å². The minimum Gasteiger partial charge on any atom is -0.496 e. The number of ether oxygens (including phenoxy) is 1. The van der Waals surface area contributed by atoms with E-state index in [9.17, 15) is 4.79 Å². The number of aryl methyl sites for hydroxylation is 1. The summed E-state index contributed by atoms with van der Waals surface area (Å²) in [7, 11) is 1.61. The Hall–Kier alpha value is -3.93. The fourth-order valence-corrected chi connectivity index (χ4v) is 3.27. The van der Waals surface area contributed by atoms with E-state index in [2.05, 4.69) is 27.6 Å². The Labute approximate surface area is 180 Å². The van der Waals surface area contributed by atoms with Crippen LogP contribution in [0.5, 0.6) is 5.75 Å². The van der Waals surface area contributed by atoms with Gasteiger partial charge in [0, 0.05) is 30.5 Å². The third-order valence-electron chi connectivity index (χ3n) is 4.95. The molecule has 31 heavy (non-hydrogen) atoms. The Morgan fingerprint density at radius 1 is 0.903 bits per heavy atom. The molecule has 6 heteroatoms. The number of carbonyl (C=O) groups excluding carboxylic acids is 1. The predicted octanol–water partition coefficient (Wildman–Crippen LogP) is 4.66. The lowest BCUT2D eigenvalue weighted by molar-refractivity contribution is -0.121. The molecule has 0 aliphatic heterocycles. The van der Waals surface area contributed by atoms with Crippen LogP contribution in [0.4, 0.5) is 0 Å². The highest BCUT2D eigenvalue weighted by molar-refractivity contribution is 5.76. The van der Waals surface area contributed by atoms with Gasteiger partial charge in [-0.3, -0.25) is 4.79 Å². The van der Waals surface area contributed by atoms with E-state index in [0.29, 0.717) is 24.7 Å². The Morgan fingerprint density at radius 3 is 2.35 bits per heavy atom. The van der Waals surface area contributed by atoms with Crippen molar-refractivity contribution in [3.8, 4) is 28.3 Å². The molecule has 0 radical (unpaired) electrons. The van der Waals surface area contributed by atoms with E-state index in [1.807, 2.05) is 66.7 Å². The fraction of sp³-hybridized carbons (Fsp3) is 0.160. The quantitative estimate of drug-likeness (QED) is 0.455. The second kappa shape index (κ2) is 9.71. The van der Waals surface area contributed by atoms with Gasteiger partial charge in [-0.25, -0.2) is 0 Å². The van der Waals surface area contributed by atoms with Crippen LogP contribution in [0.25, 0.3) is 22.5 Å². The van der Waals surface area contributed by atoms with Gasteiger partial charge < -0.3 is 14.6 Å². The van der Waals surface area contributed by atoms with Gasteiger partial charge in [-0.05, 0) is 17.2 Å². The van der Waals surface area contributed by atoms with E-state index in [4.69, 9.17) is 9.26 Å². The largest absolute Gasteiger partial charge is 0.496 e. The molecule has 0 unspecified atom stereocenters. The number of carbonyl (C=O) groups is 1. The van der Waals surface area contributed by atoms with E-state index in [-0.39, 0.29) is 12.3 Å². The van der Waals surface area contributed by atoms with Crippen LogP contribution in [-0.4, -0.2) is 23.2 Å². The first-order valence-corrected chi connectivity index (χ1v) is 10.1. The molecule has 156 valence electrons. The Bertz CT molecular complexity index is 1140. The third kappa shape index (κ3) is 5.17. The minimum atomic E-state index is -0.0853. The molecule has 0 bridgehead atoms. The highest BCUT2D eigenvalue weighted by Gasteiger charge is 2.11. The molecule has 1 heterocycles. The van der Waals surface area contributed by atoms with Crippen molar-refractivity contribution >= 4 is 5.91 Å². The molecule has 4 rings (SSSR count). The fourth-order valence-electron chi connectivity index (χ4n) is 3.27. The van der Waals surface area contributed by atoms with Crippen molar-refractivity contribution in [2.24, 2.45) is 0 Å². The Kier molecular flexibility index (Phi) is 6.38. The average Bonchev–Trinajstić information content (AvgIpc) is 3.31. The van der Waals surface area contributed by atoms with Gasteiger partial charge in [0.1, 0.15) is 5.75 Å². The van der Waals surface area contributed by atoms with Crippen LogP contribution in [0.1, 0.15) is 17.9 Å². The van der Waals surface area contributed by atoms with Crippen molar-refractivity contribution in [3.05, 3.63) is 90.3 Å². The number of nitrogens with one attached hydrogen (secondary N) is 1. The number of benzene rings is 3. The van der Waals surface area contributed by atoms with Gasteiger partial charge in [-0.2, -0.15) is 4.98 Å². The number of hydrogen-bond donors (Lipinski definition) is 1. The maximum absolute atomic E-state index is 12.2. The van der Waals surface area contributed by atoms with E-state index in [1.165, 1.54) is 0 Å². The summed E-state index contributed by atoms with van der Waals surface area (Å²) in [6.45, 7) is 0.408. The molecule has 0 fully saturated rings. The summed E-state index contributed by atoms with van der Waals surface area (Å²) < 4.78 is 10.6. The summed E-state index contributed by atoms with van der Waals surface area (Å²) in [5.74, 6) is 1.62. The van der Waals surface area contributed by atoms with Crippen molar-refractivity contribution in [1.29, 1.82) is 0 Å². The molecule has 1 amide bonds. The second-order valence-corrected chi connectivity index (χ2v) is 7.04. The first kappa shape index (κ1) is 20.3. The molecular formula is C25H23N3O3. The predicted molar refractivity (Wildman–Crippen MR) is 118 cm³/mol. The first-order valence-electron chi connectivity index (χ1n) is 10.1. The third-order valence-corrected chi connectivity index (χ3v) is 4.95. The monoisotopic (exact) mass is 413 g/mol. The normalized spacial score (nSPS) is 10.6. The molecule has 0 aliphatic carbocycles. The highest BCUT2D eigenvalue weighted by Crippen LogP contribution is 2.23. The first-order chi connectivity index (χ1) is 15.2. The molecule has 0 spiro atoms. The number of amides is 1. The summed E-state index contributed by atoms with van der Waals surface area (Å²) in [5.41, 5.74) is 4.08. The molecule has 0 saturated heterocycles. The SMILES string of the molecule is COc1ccccc1CNC(=O)CCc1nc(-c2ccc(-c3ccccc3)cc2)no1. The van der Waals surface area contributed by atoms with E-state index in [1.54, 1.807) is 7.11 Å². The lowest BCUT2D eigenvalue weighted by Crippen LogP contribution is -2.23. The highest BCUT2D eigenvalue weighted by atomic mass is 16.5. The zero-order valence-corrected chi connectivity index (χ0v) is 17.2. The number of methoxy groups -OCH3 is 1. The van der Waals surface area contributed by atoms with Crippen LogP contribution in [0.15, 0.2) is 83.4 Å². The molecular weight excluding hydrogens is 390 g/mol. The van der Waals surface area contributed by atoms with Gasteiger partial charge in [0.05, 0.1) is 7.11 Å². The zero-order chi connectivity index (χ0) is 21.5. The van der Waals surface area contributed by atoms with Crippen molar-refractivity contribution in [1.82, 2.24) is 15.5 Å². The summed E-state index contributed by atoms with van der Waals surface area (Å²) in [5, 5.41) is 6.94. The molecule has 0 atom stereocenters. The van der Waals surface area contributed by atoms with Crippen molar-refractivity contribution in [2.75, 3.05) is 7.11 Å². The van der Waals surface area contributed by atoms with Gasteiger partial charge in [-0.1, -0.05) is 78.0 Å². The molecule has 1 N–H and O–H groups in total. The summed E-state index contributed by atoms with van der Waals surface area (Å²) in [6, 6.07) is 25.8. The smallest absolute Gasteiger partial charge is 0.227 e. The van der Waals surface area contributed by atoms with Crippen LogP contribution < -0.4 is 10.1 Å². The lowest BCUT2D eigenvalue weighted by Gasteiger charge is -2.09. The van der Waals surface area contributed by atoms with Gasteiger partial charge in [-0.15, -0.1) is 0 Å². The lowest BCUT2D eigenvalue weighted by atomic mass is 10.0. The second-order valence-electron chi connectivity index (χ2n) is 7.04. The number of hydrogen-bond acceptors (Lipinski definition) is 5. The Balaban J connectivity index is 1.31. The van der Waals surface area contributed by atoms with E-state index >= 15 is 0 Å². The zero-order valence-electron chi connectivity index (χ0n) is 17.2. The minimum absolute atomic E-state index is 0.0853. The molecule has 0 aliphatic rings. The van der Waals surface area contributed by atoms with E-state index < -0.39 is 0 Å². The number of aromatic nitrogens is 2. The molecule has 4 aromatic rings. The average molecular weight is 413 g/mol. The van der Waals surface area contributed by atoms with Gasteiger partial charge in [0.25, 0.3) is 0 Å². The van der Waals surface area contributed by atoms with Crippen molar-refractivity contribution < 1.29 is 14.1 Å². The number of para-hydroxylation sites is 1. The van der Waals surface area contributed by atoms with Crippen LogP contribution in [0.3, 0.4) is 0 Å². The van der Waals surface area contributed by atoms with Crippen LogP contribution in [0, 0.1) is 0 Å². The summed E-state index contributed by atoms with van der Waals surface area (Å²) >= 11 is 0. The molecule has 1 aromatic heterocycles. The van der Waals surface area contributed by atoms with Gasteiger partial charge >= 0.3 is 0 Å². The maximum Gasteiger partial charge on any atom is 0.227 e. The maximum atomic E-state index is 12.2.